The lowest BCUT2D eigenvalue weighted by molar-refractivity contribution is -0.274. The number of alkyl halides is 3. The van der Waals surface area contributed by atoms with Gasteiger partial charge in [0.25, 0.3) is 0 Å². The van der Waals surface area contributed by atoms with Gasteiger partial charge in [-0.15, -0.1) is 13.2 Å². The molecule has 2 saturated heterocycles. The number of halogens is 3. The first-order valence-electron chi connectivity index (χ1n) is 11.4. The van der Waals surface area contributed by atoms with Crippen molar-refractivity contribution < 1.29 is 32.3 Å². The highest BCUT2D eigenvalue weighted by atomic mass is 19.4. The van der Waals surface area contributed by atoms with Crippen molar-refractivity contribution in [3.63, 3.8) is 0 Å². The van der Waals surface area contributed by atoms with Crippen molar-refractivity contribution in [1.29, 1.82) is 0 Å². The Morgan fingerprint density at radius 1 is 1.03 bits per heavy atom. The van der Waals surface area contributed by atoms with Gasteiger partial charge in [-0.1, -0.05) is 38.1 Å². The Balaban J connectivity index is 1.57. The molecule has 0 aliphatic carbocycles. The smallest absolute Gasteiger partial charge is 0.406 e. The van der Waals surface area contributed by atoms with Gasteiger partial charge in [-0.3, -0.25) is 9.80 Å². The maximum Gasteiger partial charge on any atom is 0.573 e. The first-order chi connectivity index (χ1) is 16.0. The number of likely N-dealkylation sites (tertiary alicyclic amines) is 1. The summed E-state index contributed by atoms with van der Waals surface area (Å²) in [6.45, 7) is 9.41. The lowest BCUT2D eigenvalue weighted by Gasteiger charge is -2.43. The summed E-state index contributed by atoms with van der Waals surface area (Å²) in [5.74, 6) is 0.661. The highest BCUT2D eigenvalue weighted by Gasteiger charge is 2.38. The van der Waals surface area contributed by atoms with Crippen molar-refractivity contribution in [2.45, 2.75) is 57.2 Å². The van der Waals surface area contributed by atoms with Gasteiger partial charge in [0.2, 0.25) is 5.89 Å². The molecule has 0 amide bonds. The van der Waals surface area contributed by atoms with Crippen molar-refractivity contribution in [2.24, 2.45) is 0 Å². The van der Waals surface area contributed by atoms with Gasteiger partial charge in [0.1, 0.15) is 5.75 Å². The number of nitrogens with zero attached hydrogens (tertiary/aromatic N) is 4. The molecule has 1 aromatic heterocycles. The fraction of sp³-hybridized carbons (Fsp3) is 0.652. The molecule has 3 unspecified atom stereocenters. The highest BCUT2D eigenvalue weighted by Crippen LogP contribution is 2.37. The predicted octanol–water partition coefficient (Wildman–Crippen LogP) is 3.45. The van der Waals surface area contributed by atoms with Crippen molar-refractivity contribution in [3.05, 3.63) is 41.5 Å². The van der Waals surface area contributed by atoms with E-state index >= 15 is 0 Å². The van der Waals surface area contributed by atoms with Crippen LogP contribution in [0.4, 0.5) is 13.2 Å². The van der Waals surface area contributed by atoms with Gasteiger partial charge in [-0.2, -0.15) is 4.98 Å². The summed E-state index contributed by atoms with van der Waals surface area (Å²) in [7, 11) is 0. The molecule has 3 heterocycles. The van der Waals surface area contributed by atoms with Crippen LogP contribution in [0.15, 0.2) is 28.8 Å². The van der Waals surface area contributed by atoms with E-state index in [1.807, 2.05) is 30.6 Å². The first kappa shape index (κ1) is 24.9. The fourth-order valence-electron chi connectivity index (χ4n) is 4.43. The van der Waals surface area contributed by atoms with Gasteiger partial charge in [-0.05, 0) is 30.0 Å². The molecule has 11 heteroatoms. The number of aromatic nitrogens is 2. The molecule has 2 fully saturated rings. The van der Waals surface area contributed by atoms with E-state index in [0.717, 1.165) is 5.56 Å². The third kappa shape index (κ3) is 6.07. The Labute approximate surface area is 196 Å². The zero-order valence-corrected chi connectivity index (χ0v) is 19.6. The summed E-state index contributed by atoms with van der Waals surface area (Å²) in [6.07, 6.45) is -4.89. The zero-order chi connectivity index (χ0) is 24.5. The summed E-state index contributed by atoms with van der Waals surface area (Å²) in [6, 6.07) is 5.92. The lowest BCUT2D eigenvalue weighted by atomic mass is 9.84. The molecule has 0 bridgehead atoms. The van der Waals surface area contributed by atoms with Gasteiger partial charge in [0.05, 0.1) is 19.1 Å². The Bertz CT molecular complexity index is 939. The Morgan fingerprint density at radius 2 is 1.68 bits per heavy atom. The van der Waals surface area contributed by atoms with Crippen LogP contribution in [-0.2, 0) is 10.2 Å². The minimum Gasteiger partial charge on any atom is -0.406 e. The van der Waals surface area contributed by atoms with Crippen LogP contribution in [0, 0.1) is 0 Å². The summed E-state index contributed by atoms with van der Waals surface area (Å²) in [5, 5.41) is 15.3. The van der Waals surface area contributed by atoms with E-state index in [4.69, 9.17) is 9.26 Å². The molecule has 2 aliphatic heterocycles. The lowest BCUT2D eigenvalue weighted by Crippen LogP contribution is -2.55. The first-order valence-corrected chi connectivity index (χ1v) is 11.4. The third-order valence-electron chi connectivity index (χ3n) is 6.22. The molecule has 2 aromatic rings. The van der Waals surface area contributed by atoms with Crippen LogP contribution in [0.2, 0.25) is 0 Å². The SMILES string of the molecule is CC(C)(C)c1noc(C2CC(c3ccc(OC(F)(F)F)cc3)CN(C(O)N3CCOCC3)C2)n1. The maximum atomic E-state index is 12.5. The van der Waals surface area contributed by atoms with Gasteiger partial charge in [0, 0.05) is 31.6 Å². The summed E-state index contributed by atoms with van der Waals surface area (Å²) in [5.41, 5.74) is 0.589. The largest absolute Gasteiger partial charge is 0.573 e. The quantitative estimate of drug-likeness (QED) is 0.691. The second-order valence-electron chi connectivity index (χ2n) is 9.90. The summed E-state index contributed by atoms with van der Waals surface area (Å²) in [4.78, 5) is 8.55. The number of morpholine rings is 1. The van der Waals surface area contributed by atoms with E-state index in [9.17, 15) is 18.3 Å². The van der Waals surface area contributed by atoms with E-state index < -0.39 is 12.7 Å². The molecule has 0 spiro atoms. The molecule has 3 atom stereocenters. The number of benzene rings is 1. The van der Waals surface area contributed by atoms with Crippen molar-refractivity contribution in [1.82, 2.24) is 19.9 Å². The van der Waals surface area contributed by atoms with Crippen molar-refractivity contribution >= 4 is 0 Å². The molecule has 1 aromatic carbocycles. The minimum atomic E-state index is -4.74. The Kier molecular flexibility index (Phi) is 7.18. The van der Waals surface area contributed by atoms with Crippen LogP contribution in [-0.4, -0.2) is 77.2 Å². The summed E-state index contributed by atoms with van der Waals surface area (Å²) >= 11 is 0. The molecule has 4 rings (SSSR count). The van der Waals surface area contributed by atoms with Crippen LogP contribution in [0.3, 0.4) is 0 Å². The monoisotopic (exact) mass is 484 g/mol. The summed E-state index contributed by atoms with van der Waals surface area (Å²) < 4.78 is 52.7. The standard InChI is InChI=1S/C23H31F3N4O4/c1-22(2,3)20-27-19(34-28-20)17-12-16(15-4-6-18(7-5-15)33-23(24,25)26)13-30(14-17)21(31)29-8-10-32-11-9-29/h4-7,16-17,21,31H,8-14H2,1-3H3. The normalized spacial score (nSPS) is 24.2. The van der Waals surface area contributed by atoms with Crippen LogP contribution in [0.25, 0.3) is 0 Å². The maximum absolute atomic E-state index is 12.5. The Morgan fingerprint density at radius 3 is 2.26 bits per heavy atom. The second kappa shape index (κ2) is 9.80. The number of hydrogen-bond acceptors (Lipinski definition) is 8. The topological polar surface area (TPSA) is 84.1 Å². The average molecular weight is 485 g/mol. The fourth-order valence-corrected chi connectivity index (χ4v) is 4.43. The van der Waals surface area contributed by atoms with Crippen LogP contribution in [0.1, 0.15) is 56.3 Å². The van der Waals surface area contributed by atoms with E-state index in [0.29, 0.717) is 57.5 Å². The second-order valence-corrected chi connectivity index (χ2v) is 9.90. The van der Waals surface area contributed by atoms with Crippen molar-refractivity contribution in [3.8, 4) is 5.75 Å². The van der Waals surface area contributed by atoms with Gasteiger partial charge in [-0.25, -0.2) is 0 Å². The van der Waals surface area contributed by atoms with E-state index in [1.54, 1.807) is 12.1 Å². The number of rotatable bonds is 5. The highest BCUT2D eigenvalue weighted by molar-refractivity contribution is 5.30. The van der Waals surface area contributed by atoms with Crippen molar-refractivity contribution in [2.75, 3.05) is 39.4 Å². The zero-order valence-electron chi connectivity index (χ0n) is 19.6. The van der Waals surface area contributed by atoms with E-state index in [1.165, 1.54) is 12.1 Å². The third-order valence-corrected chi connectivity index (χ3v) is 6.22. The van der Waals surface area contributed by atoms with E-state index in [2.05, 4.69) is 14.9 Å². The molecule has 0 radical (unpaired) electrons. The number of ether oxygens (including phenoxy) is 2. The Hall–Kier alpha value is -2.21. The average Bonchev–Trinajstić information content (AvgIpc) is 3.29. The molecule has 0 saturated carbocycles. The number of aliphatic hydroxyl groups is 1. The molecule has 188 valence electrons. The molecular formula is C23H31F3N4O4. The van der Waals surface area contributed by atoms with Crippen LogP contribution in [0.5, 0.6) is 5.75 Å². The predicted molar refractivity (Wildman–Crippen MR) is 116 cm³/mol. The van der Waals surface area contributed by atoms with Crippen LogP contribution >= 0.6 is 0 Å². The molecule has 34 heavy (non-hydrogen) atoms. The number of piperidine rings is 1. The van der Waals surface area contributed by atoms with Gasteiger partial charge in [0.15, 0.2) is 12.2 Å². The molecule has 2 aliphatic rings. The molecule has 1 N–H and O–H groups in total. The minimum absolute atomic E-state index is 0.0561. The van der Waals surface area contributed by atoms with Gasteiger partial charge < -0.3 is 19.1 Å². The number of aliphatic hydroxyl groups excluding tert-OH is 1. The molecular weight excluding hydrogens is 453 g/mol. The number of hydrogen-bond donors (Lipinski definition) is 1. The van der Waals surface area contributed by atoms with E-state index in [-0.39, 0.29) is 23.0 Å². The van der Waals surface area contributed by atoms with Crippen LogP contribution < -0.4 is 4.74 Å². The van der Waals surface area contributed by atoms with Gasteiger partial charge >= 0.3 is 6.36 Å². The molecule has 8 nitrogen and oxygen atoms in total.